The lowest BCUT2D eigenvalue weighted by Gasteiger charge is -2.19. The van der Waals surface area contributed by atoms with Gasteiger partial charge in [0.2, 0.25) is 0 Å². The van der Waals surface area contributed by atoms with Crippen LogP contribution in [0.15, 0.2) is 48.5 Å². The minimum absolute atomic E-state index is 0.000164. The van der Waals surface area contributed by atoms with E-state index >= 15 is 0 Å². The van der Waals surface area contributed by atoms with Crippen molar-refractivity contribution in [2.75, 3.05) is 0 Å². The van der Waals surface area contributed by atoms with Crippen molar-refractivity contribution in [1.29, 1.82) is 0 Å². The lowest BCUT2D eigenvalue weighted by Crippen LogP contribution is -2.17. The Bertz CT molecular complexity index is 658. The Balaban J connectivity index is 2.05. The van der Waals surface area contributed by atoms with Crippen LogP contribution in [0.3, 0.4) is 0 Å². The predicted molar refractivity (Wildman–Crippen MR) is 82.6 cm³/mol. The maximum atomic E-state index is 12.2. The van der Waals surface area contributed by atoms with Crippen LogP contribution in [0.4, 0.5) is 13.2 Å². The van der Waals surface area contributed by atoms with Crippen molar-refractivity contribution in [2.45, 2.75) is 39.2 Å². The van der Waals surface area contributed by atoms with Crippen LogP contribution in [-0.2, 0) is 12.0 Å². The molecule has 2 rings (SSSR count). The molecule has 0 unspecified atom stereocenters. The molecule has 0 aliphatic carbocycles. The van der Waals surface area contributed by atoms with Gasteiger partial charge >= 0.3 is 6.36 Å². The summed E-state index contributed by atoms with van der Waals surface area (Å²) in [5, 5.41) is 0. The van der Waals surface area contributed by atoms with Gasteiger partial charge in [-0.3, -0.25) is 0 Å². The summed E-state index contributed by atoms with van der Waals surface area (Å²) in [4.78, 5) is 0. The molecule has 0 radical (unpaired) electrons. The minimum atomic E-state index is -4.69. The van der Waals surface area contributed by atoms with Crippen LogP contribution >= 0.6 is 0 Å². The first-order chi connectivity index (χ1) is 10.6. The summed E-state index contributed by atoms with van der Waals surface area (Å²) in [5.41, 5.74) is 1.73. The van der Waals surface area contributed by atoms with E-state index in [2.05, 4.69) is 25.5 Å². The van der Waals surface area contributed by atoms with E-state index in [0.717, 1.165) is 5.56 Å². The molecule has 2 aromatic rings. The van der Waals surface area contributed by atoms with E-state index in [9.17, 15) is 13.2 Å². The van der Waals surface area contributed by atoms with Crippen LogP contribution in [0.25, 0.3) is 0 Å². The van der Waals surface area contributed by atoms with Gasteiger partial charge in [0.25, 0.3) is 0 Å². The highest BCUT2D eigenvalue weighted by atomic mass is 19.4. The van der Waals surface area contributed by atoms with Crippen LogP contribution in [0.1, 0.15) is 31.9 Å². The van der Waals surface area contributed by atoms with Crippen LogP contribution in [0.2, 0.25) is 0 Å². The van der Waals surface area contributed by atoms with Gasteiger partial charge in [0, 0.05) is 0 Å². The van der Waals surface area contributed by atoms with Gasteiger partial charge < -0.3 is 9.47 Å². The van der Waals surface area contributed by atoms with Crippen molar-refractivity contribution < 1.29 is 22.6 Å². The maximum absolute atomic E-state index is 12.2. The summed E-state index contributed by atoms with van der Waals surface area (Å²) in [6, 6.07) is 13.5. The average molecular weight is 324 g/mol. The van der Waals surface area contributed by atoms with E-state index in [4.69, 9.17) is 4.74 Å². The number of ether oxygens (including phenoxy) is 2. The van der Waals surface area contributed by atoms with Gasteiger partial charge in [0.1, 0.15) is 18.1 Å². The Morgan fingerprint density at radius 1 is 0.870 bits per heavy atom. The van der Waals surface area contributed by atoms with E-state index < -0.39 is 6.36 Å². The van der Waals surface area contributed by atoms with E-state index in [1.165, 1.54) is 18.2 Å². The van der Waals surface area contributed by atoms with Crippen molar-refractivity contribution in [1.82, 2.24) is 0 Å². The Hall–Kier alpha value is -2.17. The number of hydrogen-bond donors (Lipinski definition) is 0. The van der Waals surface area contributed by atoms with Crippen molar-refractivity contribution in [2.24, 2.45) is 0 Å². The number of rotatable bonds is 4. The quantitative estimate of drug-likeness (QED) is 0.743. The van der Waals surface area contributed by atoms with Crippen LogP contribution in [-0.4, -0.2) is 6.36 Å². The third-order valence-corrected chi connectivity index (χ3v) is 3.24. The molecule has 124 valence electrons. The first-order valence-corrected chi connectivity index (χ1v) is 7.21. The number of benzene rings is 2. The van der Waals surface area contributed by atoms with Gasteiger partial charge in [0.15, 0.2) is 0 Å². The Kier molecular flexibility index (Phi) is 4.88. The van der Waals surface area contributed by atoms with Crippen molar-refractivity contribution in [3.8, 4) is 11.5 Å². The monoisotopic (exact) mass is 324 g/mol. The third-order valence-electron chi connectivity index (χ3n) is 3.24. The lowest BCUT2D eigenvalue weighted by molar-refractivity contribution is -0.274. The van der Waals surface area contributed by atoms with Crippen molar-refractivity contribution in [3.63, 3.8) is 0 Å². The van der Waals surface area contributed by atoms with E-state index in [1.54, 1.807) is 6.07 Å². The maximum Gasteiger partial charge on any atom is 0.573 e. The normalized spacial score (nSPS) is 12.1. The molecule has 0 N–H and O–H groups in total. The lowest BCUT2D eigenvalue weighted by atomic mass is 9.87. The molecule has 0 aromatic heterocycles. The molecule has 2 aromatic carbocycles. The van der Waals surface area contributed by atoms with Crippen molar-refractivity contribution in [3.05, 3.63) is 59.7 Å². The van der Waals surface area contributed by atoms with Crippen LogP contribution in [0, 0.1) is 0 Å². The average Bonchev–Trinajstić information content (AvgIpc) is 2.43. The summed E-state index contributed by atoms with van der Waals surface area (Å²) >= 11 is 0. The molecule has 23 heavy (non-hydrogen) atoms. The van der Waals surface area contributed by atoms with Crippen molar-refractivity contribution >= 4 is 0 Å². The third kappa shape index (κ3) is 5.51. The summed E-state index contributed by atoms with van der Waals surface area (Å²) in [5.74, 6) is 0.432. The molecular weight excluding hydrogens is 305 g/mol. The smallest absolute Gasteiger partial charge is 0.489 e. The van der Waals surface area contributed by atoms with Crippen LogP contribution < -0.4 is 9.47 Å². The van der Waals surface area contributed by atoms with E-state index in [0.29, 0.717) is 11.3 Å². The summed E-state index contributed by atoms with van der Waals surface area (Å²) < 4.78 is 46.3. The predicted octanol–water partition coefficient (Wildman–Crippen LogP) is 5.46. The molecule has 0 saturated heterocycles. The highest BCUT2D eigenvalue weighted by Crippen LogP contribution is 2.27. The zero-order valence-corrected chi connectivity index (χ0v) is 13.3. The molecule has 0 heterocycles. The molecule has 0 atom stereocenters. The van der Waals surface area contributed by atoms with Crippen LogP contribution in [0.5, 0.6) is 11.5 Å². The summed E-state index contributed by atoms with van der Waals surface area (Å²) in [7, 11) is 0. The van der Waals surface area contributed by atoms with Gasteiger partial charge in [-0.05, 0) is 40.8 Å². The second kappa shape index (κ2) is 6.52. The summed E-state index contributed by atoms with van der Waals surface area (Å²) in [6.45, 7) is 6.47. The van der Waals surface area contributed by atoms with Gasteiger partial charge in [-0.15, -0.1) is 13.2 Å². The fourth-order valence-electron chi connectivity index (χ4n) is 2.05. The van der Waals surface area contributed by atoms with Gasteiger partial charge in [-0.1, -0.05) is 45.0 Å². The SMILES string of the molecule is CC(C)(C)c1cccc(OCc2cccc(OC(F)(F)F)c2)c1. The largest absolute Gasteiger partial charge is 0.573 e. The molecule has 0 aliphatic heterocycles. The molecular formula is C18H19F3O2. The zero-order valence-electron chi connectivity index (χ0n) is 13.3. The first kappa shape index (κ1) is 17.2. The molecule has 0 bridgehead atoms. The molecule has 2 nitrogen and oxygen atoms in total. The number of alkyl halides is 3. The highest BCUT2D eigenvalue weighted by molar-refractivity contribution is 5.33. The molecule has 0 saturated carbocycles. The van der Waals surface area contributed by atoms with E-state index in [-0.39, 0.29) is 17.8 Å². The molecule has 0 aliphatic rings. The molecule has 0 amide bonds. The van der Waals surface area contributed by atoms with Gasteiger partial charge in [0.05, 0.1) is 0 Å². The standard InChI is InChI=1S/C18H19F3O2/c1-17(2,3)14-7-5-8-15(11-14)22-12-13-6-4-9-16(10-13)23-18(19,20)21/h4-11H,12H2,1-3H3. The highest BCUT2D eigenvalue weighted by Gasteiger charge is 2.31. The van der Waals surface area contributed by atoms with Gasteiger partial charge in [-0.25, -0.2) is 0 Å². The Morgan fingerprint density at radius 2 is 1.52 bits per heavy atom. The first-order valence-electron chi connectivity index (χ1n) is 7.21. The number of halogens is 3. The topological polar surface area (TPSA) is 18.5 Å². The number of hydrogen-bond acceptors (Lipinski definition) is 2. The summed E-state index contributed by atoms with van der Waals surface area (Å²) in [6.07, 6.45) is -4.69. The van der Waals surface area contributed by atoms with E-state index in [1.807, 2.05) is 24.3 Å². The second-order valence-electron chi connectivity index (χ2n) is 6.26. The fourth-order valence-corrected chi connectivity index (χ4v) is 2.05. The Labute approximate surface area is 133 Å². The molecule has 5 heteroatoms. The Morgan fingerprint density at radius 3 is 2.17 bits per heavy atom. The molecule has 0 fully saturated rings. The fraction of sp³-hybridized carbons (Fsp3) is 0.333. The molecule has 0 spiro atoms. The minimum Gasteiger partial charge on any atom is -0.489 e. The second-order valence-corrected chi connectivity index (χ2v) is 6.26. The zero-order chi connectivity index (χ0) is 17.1. The van der Waals surface area contributed by atoms with Gasteiger partial charge in [-0.2, -0.15) is 0 Å².